The molecule has 0 atom stereocenters. The lowest BCUT2D eigenvalue weighted by molar-refractivity contribution is 0.0106. The van der Waals surface area contributed by atoms with Crippen molar-refractivity contribution in [3.05, 3.63) is 53.7 Å². The van der Waals surface area contributed by atoms with Gasteiger partial charge in [-0.2, -0.15) is 5.10 Å². The SMILES string of the molecule is Cc1c(-c2nccc(C(=O)Nc3nc4cc(N5CCC(N6CCN(C)CC6)CC5)ccc4n3C3CCC(C)(O)CC3)c2F)cnn1C. The second-order valence-corrected chi connectivity index (χ2v) is 14.0. The van der Waals surface area contributed by atoms with Gasteiger partial charge >= 0.3 is 0 Å². The number of rotatable bonds is 6. The highest BCUT2D eigenvalue weighted by atomic mass is 19.1. The van der Waals surface area contributed by atoms with E-state index in [1.807, 2.05) is 13.8 Å². The van der Waals surface area contributed by atoms with Crippen LogP contribution >= 0.6 is 0 Å². The first kappa shape index (κ1) is 31.7. The van der Waals surface area contributed by atoms with Crippen molar-refractivity contribution < 1.29 is 14.3 Å². The average molecular weight is 644 g/mol. The van der Waals surface area contributed by atoms with E-state index < -0.39 is 17.3 Å². The Hall–Kier alpha value is -3.87. The Bertz CT molecular complexity index is 1760. The van der Waals surface area contributed by atoms with Crippen LogP contribution in [-0.4, -0.2) is 103 Å². The van der Waals surface area contributed by atoms with Gasteiger partial charge in [0.05, 0.1) is 28.4 Å². The molecule has 0 radical (unpaired) electrons. The molecule has 3 aliphatic rings. The lowest BCUT2D eigenvalue weighted by Gasteiger charge is -2.42. The number of nitrogens with zero attached hydrogens (tertiary/aromatic N) is 8. The number of amides is 1. The minimum Gasteiger partial charge on any atom is -0.390 e. The third-order valence-electron chi connectivity index (χ3n) is 10.8. The molecule has 1 amide bonds. The van der Waals surface area contributed by atoms with Gasteiger partial charge < -0.3 is 19.5 Å². The van der Waals surface area contributed by atoms with Crippen molar-refractivity contribution in [2.24, 2.45) is 7.05 Å². The van der Waals surface area contributed by atoms with E-state index in [2.05, 4.69) is 59.9 Å². The minimum atomic E-state index is -0.708. The first-order chi connectivity index (χ1) is 22.6. The molecule has 1 aliphatic carbocycles. The molecule has 2 aliphatic heterocycles. The summed E-state index contributed by atoms with van der Waals surface area (Å²) in [6, 6.07) is 8.44. The van der Waals surface area contributed by atoms with Crippen LogP contribution < -0.4 is 10.2 Å². The van der Waals surface area contributed by atoms with E-state index in [-0.39, 0.29) is 17.3 Å². The van der Waals surface area contributed by atoms with Crippen LogP contribution in [0.3, 0.4) is 0 Å². The predicted octanol–water partition coefficient (Wildman–Crippen LogP) is 4.61. The molecule has 0 spiro atoms. The number of piperazine rings is 1. The molecule has 0 bridgehead atoms. The Balaban J connectivity index is 1.16. The molecule has 250 valence electrons. The van der Waals surface area contributed by atoms with Crippen molar-refractivity contribution >= 4 is 28.6 Å². The molecule has 11 nitrogen and oxygen atoms in total. The summed E-state index contributed by atoms with van der Waals surface area (Å²) < 4.78 is 19.6. The number of aromatic nitrogens is 5. The Morgan fingerprint density at radius 2 is 1.72 bits per heavy atom. The summed E-state index contributed by atoms with van der Waals surface area (Å²) in [6.45, 7) is 10.3. The molecule has 4 aromatic rings. The van der Waals surface area contributed by atoms with Crippen LogP contribution in [0.15, 0.2) is 36.7 Å². The third-order valence-corrected chi connectivity index (χ3v) is 10.8. The van der Waals surface area contributed by atoms with Crippen LogP contribution in [0.25, 0.3) is 22.3 Å². The normalized spacial score (nSPS) is 23.4. The molecule has 2 N–H and O–H groups in total. The molecule has 2 saturated heterocycles. The van der Waals surface area contributed by atoms with E-state index in [0.717, 1.165) is 87.4 Å². The zero-order chi connectivity index (χ0) is 32.9. The summed E-state index contributed by atoms with van der Waals surface area (Å²) in [4.78, 5) is 30.4. The van der Waals surface area contributed by atoms with Gasteiger partial charge in [-0.3, -0.25) is 24.7 Å². The van der Waals surface area contributed by atoms with E-state index in [1.54, 1.807) is 17.9 Å². The van der Waals surface area contributed by atoms with Gasteiger partial charge in [-0.05, 0) is 83.7 Å². The largest absolute Gasteiger partial charge is 0.390 e. The standard InChI is InChI=1S/C35H46FN9O2/c1-23-28(22-38-42(23)4)32-31(36)27(9-14-37-32)33(46)40-34-39-29-21-26(5-6-30(29)45(34)25-7-12-35(2,47)13-8-25)43-15-10-24(11-16-43)44-19-17-41(3)18-20-44/h5-6,9,14,21-22,24-25,47H,7-8,10-13,15-20H2,1-4H3,(H,39,40,46). The van der Waals surface area contributed by atoms with Crippen LogP contribution in [0.4, 0.5) is 16.0 Å². The van der Waals surface area contributed by atoms with E-state index >= 15 is 4.39 Å². The number of benzene rings is 1. The number of carbonyl (C=O) groups excluding carboxylic acids is 1. The summed E-state index contributed by atoms with van der Waals surface area (Å²) in [5.41, 5.74) is 3.41. The number of aliphatic hydroxyl groups is 1. The summed E-state index contributed by atoms with van der Waals surface area (Å²) in [5.74, 6) is -0.893. The number of imidazole rings is 1. The maximum atomic E-state index is 15.8. The highest BCUT2D eigenvalue weighted by Gasteiger charge is 2.33. The second kappa shape index (κ2) is 12.6. The molecule has 7 rings (SSSR count). The number of halogens is 1. The highest BCUT2D eigenvalue weighted by Crippen LogP contribution is 2.39. The predicted molar refractivity (Wildman–Crippen MR) is 181 cm³/mol. The number of pyridine rings is 1. The fourth-order valence-electron chi connectivity index (χ4n) is 7.61. The van der Waals surface area contributed by atoms with Gasteiger partial charge in [0.25, 0.3) is 5.91 Å². The smallest absolute Gasteiger partial charge is 0.261 e. The highest BCUT2D eigenvalue weighted by molar-refractivity contribution is 6.05. The number of fused-ring (bicyclic) bond motifs is 1. The van der Waals surface area contributed by atoms with Gasteiger partial charge in [-0.1, -0.05) is 0 Å². The average Bonchev–Trinajstić information content (AvgIpc) is 3.59. The fourth-order valence-corrected chi connectivity index (χ4v) is 7.61. The maximum absolute atomic E-state index is 15.8. The van der Waals surface area contributed by atoms with Crippen LogP contribution in [0.2, 0.25) is 0 Å². The van der Waals surface area contributed by atoms with Gasteiger partial charge in [0.15, 0.2) is 5.82 Å². The number of nitrogens with one attached hydrogen (secondary N) is 1. The van der Waals surface area contributed by atoms with Crippen molar-refractivity contribution in [3.8, 4) is 11.3 Å². The quantitative estimate of drug-likeness (QED) is 0.314. The molecule has 12 heteroatoms. The lowest BCUT2D eigenvalue weighted by Crippen LogP contribution is -2.52. The van der Waals surface area contributed by atoms with Crippen molar-refractivity contribution in [2.75, 3.05) is 56.5 Å². The zero-order valence-electron chi connectivity index (χ0n) is 27.9. The van der Waals surface area contributed by atoms with E-state index in [4.69, 9.17) is 4.98 Å². The van der Waals surface area contributed by atoms with Crippen molar-refractivity contribution in [2.45, 2.75) is 70.1 Å². The lowest BCUT2D eigenvalue weighted by atomic mass is 9.83. The van der Waals surface area contributed by atoms with Gasteiger partial charge in [0.1, 0.15) is 5.69 Å². The number of hydrogen-bond acceptors (Lipinski definition) is 8. The van der Waals surface area contributed by atoms with Crippen molar-refractivity contribution in [3.63, 3.8) is 0 Å². The third kappa shape index (κ3) is 6.26. The first-order valence-corrected chi connectivity index (χ1v) is 16.9. The van der Waals surface area contributed by atoms with Crippen LogP contribution in [-0.2, 0) is 7.05 Å². The van der Waals surface area contributed by atoms with Gasteiger partial charge in [-0.25, -0.2) is 9.37 Å². The summed E-state index contributed by atoms with van der Waals surface area (Å²) in [7, 11) is 3.98. The molecule has 5 heterocycles. The minimum absolute atomic E-state index is 0.0385. The maximum Gasteiger partial charge on any atom is 0.261 e. The molecule has 3 fully saturated rings. The van der Waals surface area contributed by atoms with Crippen LogP contribution in [0.1, 0.15) is 67.5 Å². The van der Waals surface area contributed by atoms with E-state index in [1.165, 1.54) is 12.3 Å². The van der Waals surface area contributed by atoms with Crippen molar-refractivity contribution in [1.29, 1.82) is 0 Å². The topological polar surface area (TPSA) is 108 Å². The van der Waals surface area contributed by atoms with Crippen LogP contribution in [0.5, 0.6) is 0 Å². The summed E-state index contributed by atoms with van der Waals surface area (Å²) in [6.07, 6.45) is 8.08. The zero-order valence-corrected chi connectivity index (χ0v) is 27.9. The molecule has 3 aromatic heterocycles. The second-order valence-electron chi connectivity index (χ2n) is 14.0. The number of carbonyl (C=O) groups is 1. The number of piperidine rings is 1. The molecule has 1 aromatic carbocycles. The van der Waals surface area contributed by atoms with E-state index in [9.17, 15) is 9.90 Å². The Morgan fingerprint density at radius 1 is 1.00 bits per heavy atom. The summed E-state index contributed by atoms with van der Waals surface area (Å²) >= 11 is 0. The molecule has 0 unspecified atom stereocenters. The number of likely N-dealkylation sites (N-methyl/N-ethyl adjacent to an activating group) is 1. The molecular weight excluding hydrogens is 597 g/mol. The van der Waals surface area contributed by atoms with Gasteiger partial charge in [0, 0.05) is 81.5 Å². The Labute approximate surface area is 275 Å². The Kier molecular flexibility index (Phi) is 8.52. The Morgan fingerprint density at radius 3 is 2.40 bits per heavy atom. The number of aryl methyl sites for hydroxylation is 1. The summed E-state index contributed by atoms with van der Waals surface area (Å²) in [5, 5.41) is 17.8. The monoisotopic (exact) mass is 643 g/mol. The molecule has 47 heavy (non-hydrogen) atoms. The molecule has 1 saturated carbocycles. The van der Waals surface area contributed by atoms with Crippen LogP contribution in [0, 0.1) is 12.7 Å². The van der Waals surface area contributed by atoms with E-state index in [0.29, 0.717) is 30.4 Å². The number of anilines is 2. The first-order valence-electron chi connectivity index (χ1n) is 16.9. The van der Waals surface area contributed by atoms with Crippen molar-refractivity contribution in [1.82, 2.24) is 34.1 Å². The molecular formula is C35H46FN9O2. The van der Waals surface area contributed by atoms with Gasteiger partial charge in [-0.15, -0.1) is 0 Å². The van der Waals surface area contributed by atoms with Gasteiger partial charge in [0.2, 0.25) is 5.95 Å². The fraction of sp³-hybridized carbons (Fsp3) is 0.543. The number of hydrogen-bond donors (Lipinski definition) is 2.